The first-order valence-corrected chi connectivity index (χ1v) is 7.53. The molecule has 3 N–H and O–H groups in total. The van der Waals surface area contributed by atoms with Crippen molar-refractivity contribution in [3.63, 3.8) is 0 Å². The lowest BCUT2D eigenvalue weighted by molar-refractivity contribution is 0.100. The minimum Gasteiger partial charge on any atom is -0.366 e. The van der Waals surface area contributed by atoms with Gasteiger partial charge in [-0.3, -0.25) is 9.79 Å². The molecule has 5 heteroatoms. The second-order valence-corrected chi connectivity index (χ2v) is 5.92. The van der Waals surface area contributed by atoms with E-state index in [0.717, 1.165) is 17.4 Å². The molecule has 0 aromatic heterocycles. The van der Waals surface area contributed by atoms with Crippen LogP contribution in [0.1, 0.15) is 21.2 Å². The monoisotopic (exact) mass is 297 g/mol. The van der Waals surface area contributed by atoms with Crippen molar-refractivity contribution < 1.29 is 4.79 Å². The van der Waals surface area contributed by atoms with Gasteiger partial charge in [0, 0.05) is 11.3 Å². The number of benzene rings is 2. The average molecular weight is 297 g/mol. The third kappa shape index (κ3) is 3.25. The third-order valence-electron chi connectivity index (χ3n) is 3.22. The minimum absolute atomic E-state index is 0.341. The van der Waals surface area contributed by atoms with Gasteiger partial charge in [-0.2, -0.15) is 0 Å². The second-order valence-electron chi connectivity index (χ2n) is 4.73. The first kappa shape index (κ1) is 13.7. The zero-order chi connectivity index (χ0) is 14.7. The van der Waals surface area contributed by atoms with Crippen LogP contribution >= 0.6 is 11.8 Å². The van der Waals surface area contributed by atoms with Gasteiger partial charge in [0.05, 0.1) is 11.8 Å². The summed E-state index contributed by atoms with van der Waals surface area (Å²) in [4.78, 5) is 15.7. The summed E-state index contributed by atoms with van der Waals surface area (Å²) >= 11 is 1.70. The number of aliphatic imine (C=N–C) groups is 1. The summed E-state index contributed by atoms with van der Waals surface area (Å²) in [6.45, 7) is 0.756. The van der Waals surface area contributed by atoms with E-state index < -0.39 is 5.91 Å². The number of primary amides is 1. The van der Waals surface area contributed by atoms with E-state index in [2.05, 4.69) is 22.4 Å². The van der Waals surface area contributed by atoms with Crippen molar-refractivity contribution in [2.24, 2.45) is 10.7 Å². The molecule has 4 nitrogen and oxygen atoms in total. The normalized spacial score (nSPS) is 17.3. The molecule has 3 rings (SSSR count). The van der Waals surface area contributed by atoms with Crippen LogP contribution in [0.3, 0.4) is 0 Å². The van der Waals surface area contributed by atoms with Crippen molar-refractivity contribution in [2.75, 3.05) is 11.9 Å². The molecule has 0 radical (unpaired) electrons. The number of thioether (sulfide) groups is 1. The number of anilines is 1. The van der Waals surface area contributed by atoms with Crippen molar-refractivity contribution in [2.45, 2.75) is 5.25 Å². The number of hydrogen-bond acceptors (Lipinski definition) is 4. The van der Waals surface area contributed by atoms with Crippen LogP contribution in [-0.2, 0) is 0 Å². The molecule has 1 atom stereocenters. The summed E-state index contributed by atoms with van der Waals surface area (Å²) in [6, 6.07) is 17.5. The lowest BCUT2D eigenvalue weighted by atomic mass is 10.1. The molecule has 0 aliphatic carbocycles. The Morgan fingerprint density at radius 2 is 2.00 bits per heavy atom. The smallest absolute Gasteiger partial charge is 0.248 e. The molecule has 2 aromatic rings. The third-order valence-corrected chi connectivity index (χ3v) is 4.38. The highest BCUT2D eigenvalue weighted by atomic mass is 32.2. The number of carbonyl (C=O) groups is 1. The number of carbonyl (C=O) groups excluding carboxylic acids is 1. The first-order valence-electron chi connectivity index (χ1n) is 6.65. The molecular formula is C16H15N3OS. The van der Waals surface area contributed by atoms with Gasteiger partial charge in [-0.1, -0.05) is 48.2 Å². The minimum atomic E-state index is -0.429. The molecule has 1 heterocycles. The van der Waals surface area contributed by atoms with Gasteiger partial charge in [0.15, 0.2) is 5.17 Å². The molecule has 0 spiro atoms. The number of nitrogens with two attached hydrogens (primary N) is 1. The molecule has 0 saturated carbocycles. The largest absolute Gasteiger partial charge is 0.366 e. The van der Waals surface area contributed by atoms with E-state index in [0.29, 0.717) is 10.8 Å². The molecular weight excluding hydrogens is 282 g/mol. The summed E-state index contributed by atoms with van der Waals surface area (Å²) in [7, 11) is 0. The number of nitrogens with zero attached hydrogens (tertiary/aromatic N) is 1. The maximum absolute atomic E-state index is 11.2. The number of amides is 1. The molecule has 1 aliphatic heterocycles. The molecule has 1 amide bonds. The summed E-state index contributed by atoms with van der Waals surface area (Å²) in [5.41, 5.74) is 7.87. The van der Waals surface area contributed by atoms with E-state index in [1.807, 2.05) is 24.3 Å². The first-order chi connectivity index (χ1) is 10.2. The molecule has 1 aliphatic rings. The highest BCUT2D eigenvalue weighted by Crippen LogP contribution is 2.35. The van der Waals surface area contributed by atoms with E-state index in [-0.39, 0.29) is 0 Å². The summed E-state index contributed by atoms with van der Waals surface area (Å²) in [6.07, 6.45) is 0. The predicted octanol–water partition coefficient (Wildman–Crippen LogP) is 3.04. The van der Waals surface area contributed by atoms with Crippen molar-refractivity contribution >= 4 is 28.5 Å². The zero-order valence-electron chi connectivity index (χ0n) is 11.3. The van der Waals surface area contributed by atoms with Gasteiger partial charge in [-0.05, 0) is 23.8 Å². The van der Waals surface area contributed by atoms with Crippen molar-refractivity contribution in [1.29, 1.82) is 0 Å². The van der Waals surface area contributed by atoms with Crippen molar-refractivity contribution in [3.05, 3.63) is 65.7 Å². The lowest BCUT2D eigenvalue weighted by Crippen LogP contribution is -2.12. The SMILES string of the molecule is NC(=O)c1cccc(NC2=NCC(c3ccccc3)S2)c1. The quantitative estimate of drug-likeness (QED) is 0.915. The predicted molar refractivity (Wildman–Crippen MR) is 87.7 cm³/mol. The van der Waals surface area contributed by atoms with Gasteiger partial charge in [0.2, 0.25) is 5.91 Å². The second kappa shape index (κ2) is 6.01. The number of hydrogen-bond donors (Lipinski definition) is 2. The number of nitrogens with one attached hydrogen (secondary N) is 1. The molecule has 106 valence electrons. The van der Waals surface area contributed by atoms with Gasteiger partial charge < -0.3 is 11.1 Å². The Hall–Kier alpha value is -2.27. The standard InChI is InChI=1S/C16H15N3OS/c17-15(20)12-7-4-8-13(9-12)19-16-18-10-14(21-16)11-5-2-1-3-6-11/h1-9,14H,10H2,(H2,17,20)(H,18,19). The van der Waals surface area contributed by atoms with Crippen LogP contribution < -0.4 is 11.1 Å². The van der Waals surface area contributed by atoms with Gasteiger partial charge in [0.25, 0.3) is 0 Å². The van der Waals surface area contributed by atoms with Crippen molar-refractivity contribution in [1.82, 2.24) is 0 Å². The number of rotatable bonds is 3. The van der Waals surface area contributed by atoms with Gasteiger partial charge in [-0.25, -0.2) is 0 Å². The summed E-state index contributed by atoms with van der Waals surface area (Å²) < 4.78 is 0. The molecule has 2 aromatic carbocycles. The highest BCUT2D eigenvalue weighted by molar-refractivity contribution is 8.14. The van der Waals surface area contributed by atoms with Crippen LogP contribution in [0.15, 0.2) is 59.6 Å². The summed E-state index contributed by atoms with van der Waals surface area (Å²) in [5, 5.41) is 4.45. The molecule has 0 fully saturated rings. The molecule has 0 saturated heterocycles. The Morgan fingerprint density at radius 3 is 2.76 bits per heavy atom. The van der Waals surface area contributed by atoms with Gasteiger partial charge >= 0.3 is 0 Å². The van der Waals surface area contributed by atoms with E-state index in [1.165, 1.54) is 5.56 Å². The topological polar surface area (TPSA) is 67.5 Å². The Labute approximate surface area is 127 Å². The van der Waals surface area contributed by atoms with E-state index >= 15 is 0 Å². The Kier molecular flexibility index (Phi) is 3.92. The number of amidine groups is 1. The fourth-order valence-corrected chi connectivity index (χ4v) is 3.20. The summed E-state index contributed by atoms with van der Waals surface area (Å²) in [5.74, 6) is -0.429. The Bertz CT molecular complexity index is 685. The fourth-order valence-electron chi connectivity index (χ4n) is 2.16. The Morgan fingerprint density at radius 1 is 1.19 bits per heavy atom. The maximum Gasteiger partial charge on any atom is 0.248 e. The van der Waals surface area contributed by atoms with E-state index in [4.69, 9.17) is 5.73 Å². The molecule has 0 bridgehead atoms. The van der Waals surface area contributed by atoms with Gasteiger partial charge in [0.1, 0.15) is 0 Å². The average Bonchev–Trinajstić information content (AvgIpc) is 2.97. The molecule has 1 unspecified atom stereocenters. The van der Waals surface area contributed by atoms with Crippen LogP contribution in [0.25, 0.3) is 0 Å². The Balaban J connectivity index is 1.67. The van der Waals surface area contributed by atoms with Crippen LogP contribution in [0.5, 0.6) is 0 Å². The van der Waals surface area contributed by atoms with Gasteiger partial charge in [-0.15, -0.1) is 0 Å². The van der Waals surface area contributed by atoms with Crippen molar-refractivity contribution in [3.8, 4) is 0 Å². The van der Waals surface area contributed by atoms with Crippen LogP contribution in [0, 0.1) is 0 Å². The highest BCUT2D eigenvalue weighted by Gasteiger charge is 2.21. The fraction of sp³-hybridized carbons (Fsp3) is 0.125. The van der Waals surface area contributed by atoms with E-state index in [9.17, 15) is 4.79 Å². The van der Waals surface area contributed by atoms with Crippen LogP contribution in [0.2, 0.25) is 0 Å². The molecule has 21 heavy (non-hydrogen) atoms. The van der Waals surface area contributed by atoms with Crippen LogP contribution in [-0.4, -0.2) is 17.6 Å². The lowest BCUT2D eigenvalue weighted by Gasteiger charge is -2.09. The van der Waals surface area contributed by atoms with Crippen LogP contribution in [0.4, 0.5) is 5.69 Å². The maximum atomic E-state index is 11.2. The van der Waals surface area contributed by atoms with E-state index in [1.54, 1.807) is 30.0 Å². The zero-order valence-corrected chi connectivity index (χ0v) is 12.1.